The lowest BCUT2D eigenvalue weighted by atomic mass is 10.0. The quantitative estimate of drug-likeness (QED) is 0.226. The standard InChI is InChI=1S/C21H30N4O7/c1-12(2)18(21(31)32)25-16(26)11-23-20(30)15(10-13-6-4-3-5-7-13)24-19(29)14(22)8-9-17(27)28/h3-7,12,14-15,18H,8-11,22H2,1-2H3,(H,23,30)(H,24,29)(H,25,26)(H,27,28)(H,31,32). The Morgan fingerprint density at radius 3 is 2.12 bits per heavy atom. The molecule has 7 N–H and O–H groups in total. The molecule has 0 saturated heterocycles. The molecule has 11 heteroatoms. The van der Waals surface area contributed by atoms with Gasteiger partial charge in [-0.15, -0.1) is 0 Å². The minimum atomic E-state index is -1.19. The molecule has 0 radical (unpaired) electrons. The van der Waals surface area contributed by atoms with E-state index in [1.54, 1.807) is 44.2 Å². The number of carboxylic acid groups (broad SMARTS) is 2. The number of carbonyl (C=O) groups is 5. The molecule has 11 nitrogen and oxygen atoms in total. The maximum absolute atomic E-state index is 12.7. The topological polar surface area (TPSA) is 188 Å². The van der Waals surface area contributed by atoms with E-state index in [1.807, 2.05) is 0 Å². The Morgan fingerprint density at radius 1 is 0.969 bits per heavy atom. The normalized spacial score (nSPS) is 13.5. The molecule has 1 rings (SSSR count). The van der Waals surface area contributed by atoms with Crippen LogP contribution in [0, 0.1) is 5.92 Å². The summed E-state index contributed by atoms with van der Waals surface area (Å²) in [6.45, 7) is 2.79. The van der Waals surface area contributed by atoms with E-state index in [0.717, 1.165) is 5.56 Å². The van der Waals surface area contributed by atoms with E-state index in [1.165, 1.54) is 0 Å². The number of amides is 3. The van der Waals surface area contributed by atoms with E-state index in [4.69, 9.17) is 15.9 Å². The average Bonchev–Trinajstić information content (AvgIpc) is 2.73. The van der Waals surface area contributed by atoms with Crippen LogP contribution in [-0.4, -0.2) is 64.5 Å². The first kappa shape index (κ1) is 26.6. The zero-order chi connectivity index (χ0) is 24.3. The second kappa shape index (κ2) is 13.1. The van der Waals surface area contributed by atoms with E-state index in [9.17, 15) is 24.0 Å². The van der Waals surface area contributed by atoms with Gasteiger partial charge in [0.1, 0.15) is 12.1 Å². The third-order valence-electron chi connectivity index (χ3n) is 4.59. The number of nitrogens with two attached hydrogens (primary N) is 1. The summed E-state index contributed by atoms with van der Waals surface area (Å²) in [5.74, 6) is -4.70. The highest BCUT2D eigenvalue weighted by atomic mass is 16.4. The van der Waals surface area contributed by atoms with Crippen LogP contribution in [0.15, 0.2) is 30.3 Å². The maximum Gasteiger partial charge on any atom is 0.326 e. The van der Waals surface area contributed by atoms with Crippen LogP contribution in [0.25, 0.3) is 0 Å². The third kappa shape index (κ3) is 9.56. The number of hydrogen-bond acceptors (Lipinski definition) is 6. The van der Waals surface area contributed by atoms with Crippen LogP contribution in [0.3, 0.4) is 0 Å². The molecule has 0 saturated carbocycles. The molecule has 32 heavy (non-hydrogen) atoms. The Morgan fingerprint density at radius 2 is 1.59 bits per heavy atom. The van der Waals surface area contributed by atoms with E-state index >= 15 is 0 Å². The van der Waals surface area contributed by atoms with Crippen molar-refractivity contribution in [3.05, 3.63) is 35.9 Å². The maximum atomic E-state index is 12.7. The Bertz CT molecular complexity index is 814. The van der Waals surface area contributed by atoms with Crippen molar-refractivity contribution in [3.8, 4) is 0 Å². The number of hydrogen-bond donors (Lipinski definition) is 6. The fraction of sp³-hybridized carbons (Fsp3) is 0.476. The molecule has 0 spiro atoms. The minimum Gasteiger partial charge on any atom is -0.481 e. The predicted octanol–water partition coefficient (Wildman–Crippen LogP) is -0.752. The van der Waals surface area contributed by atoms with Crippen molar-refractivity contribution in [1.29, 1.82) is 0 Å². The van der Waals surface area contributed by atoms with E-state index in [2.05, 4.69) is 16.0 Å². The zero-order valence-corrected chi connectivity index (χ0v) is 18.0. The molecule has 0 heterocycles. The monoisotopic (exact) mass is 450 g/mol. The Balaban J connectivity index is 2.79. The summed E-state index contributed by atoms with van der Waals surface area (Å²) < 4.78 is 0. The van der Waals surface area contributed by atoms with Crippen LogP contribution in [0.5, 0.6) is 0 Å². The number of rotatable bonds is 13. The highest BCUT2D eigenvalue weighted by Crippen LogP contribution is 2.05. The summed E-state index contributed by atoms with van der Waals surface area (Å²) in [4.78, 5) is 59.0. The van der Waals surface area contributed by atoms with E-state index in [0.29, 0.717) is 0 Å². The van der Waals surface area contributed by atoms with Gasteiger partial charge in [-0.2, -0.15) is 0 Å². The summed E-state index contributed by atoms with van der Waals surface area (Å²) in [6, 6.07) is 5.51. The fourth-order valence-corrected chi connectivity index (χ4v) is 2.78. The first-order valence-corrected chi connectivity index (χ1v) is 10.1. The summed E-state index contributed by atoms with van der Waals surface area (Å²) in [6.07, 6.45) is -0.296. The van der Waals surface area contributed by atoms with Crippen molar-refractivity contribution < 1.29 is 34.2 Å². The molecule has 0 fully saturated rings. The molecular formula is C21H30N4O7. The minimum absolute atomic E-state index is 0.102. The third-order valence-corrected chi connectivity index (χ3v) is 4.59. The first-order valence-electron chi connectivity index (χ1n) is 10.1. The largest absolute Gasteiger partial charge is 0.481 e. The fourth-order valence-electron chi connectivity index (χ4n) is 2.78. The molecule has 176 valence electrons. The molecule has 0 bridgehead atoms. The van der Waals surface area contributed by atoms with Crippen molar-refractivity contribution in [3.63, 3.8) is 0 Å². The lowest BCUT2D eigenvalue weighted by Crippen LogP contribution is -2.54. The molecule has 3 atom stereocenters. The lowest BCUT2D eigenvalue weighted by molar-refractivity contribution is -0.143. The molecule has 0 aromatic heterocycles. The number of carboxylic acids is 2. The molecule has 1 aromatic rings. The number of aliphatic carboxylic acids is 2. The van der Waals surface area contributed by atoms with E-state index < -0.39 is 54.3 Å². The molecule has 0 aliphatic rings. The average molecular weight is 450 g/mol. The molecule has 1 aromatic carbocycles. The SMILES string of the molecule is CC(C)C(NC(=O)CNC(=O)C(Cc1ccccc1)NC(=O)C(N)CCC(=O)O)C(=O)O. The smallest absolute Gasteiger partial charge is 0.326 e. The summed E-state index contributed by atoms with van der Waals surface area (Å²) >= 11 is 0. The van der Waals surface area contributed by atoms with Gasteiger partial charge < -0.3 is 31.9 Å². The number of carbonyl (C=O) groups excluding carboxylic acids is 3. The van der Waals surface area contributed by atoms with Crippen LogP contribution >= 0.6 is 0 Å². The molecule has 3 amide bonds. The molecule has 3 unspecified atom stereocenters. The van der Waals surface area contributed by atoms with Crippen LogP contribution in [0.1, 0.15) is 32.3 Å². The summed E-state index contributed by atoms with van der Waals surface area (Å²) in [5.41, 5.74) is 6.45. The number of nitrogens with one attached hydrogen (secondary N) is 3. The highest BCUT2D eigenvalue weighted by Gasteiger charge is 2.26. The van der Waals surface area contributed by atoms with Crippen LogP contribution < -0.4 is 21.7 Å². The van der Waals surface area contributed by atoms with Crippen molar-refractivity contribution in [1.82, 2.24) is 16.0 Å². The van der Waals surface area contributed by atoms with Crippen LogP contribution in [0.4, 0.5) is 0 Å². The second-order valence-electron chi connectivity index (χ2n) is 7.64. The van der Waals surface area contributed by atoms with Crippen molar-refractivity contribution in [2.24, 2.45) is 11.7 Å². The van der Waals surface area contributed by atoms with Gasteiger partial charge >= 0.3 is 11.9 Å². The van der Waals surface area contributed by atoms with Crippen molar-refractivity contribution in [2.75, 3.05) is 6.54 Å². The number of benzene rings is 1. The Hall–Kier alpha value is -3.47. The van der Waals surface area contributed by atoms with Gasteiger partial charge in [0.15, 0.2) is 0 Å². The zero-order valence-electron chi connectivity index (χ0n) is 18.0. The van der Waals surface area contributed by atoms with Crippen LogP contribution in [0.2, 0.25) is 0 Å². The lowest BCUT2D eigenvalue weighted by Gasteiger charge is -2.21. The van der Waals surface area contributed by atoms with Gasteiger partial charge in [-0.1, -0.05) is 44.2 Å². The molecular weight excluding hydrogens is 420 g/mol. The van der Waals surface area contributed by atoms with Gasteiger partial charge in [0, 0.05) is 12.8 Å². The van der Waals surface area contributed by atoms with Crippen molar-refractivity contribution in [2.45, 2.75) is 51.2 Å². The Kier molecular flexibility index (Phi) is 10.8. The highest BCUT2D eigenvalue weighted by molar-refractivity contribution is 5.92. The van der Waals surface area contributed by atoms with Gasteiger partial charge in [0.2, 0.25) is 17.7 Å². The Labute approximate surface area is 185 Å². The predicted molar refractivity (Wildman–Crippen MR) is 114 cm³/mol. The molecule has 0 aliphatic heterocycles. The van der Waals surface area contributed by atoms with Gasteiger partial charge in [-0.25, -0.2) is 4.79 Å². The summed E-state index contributed by atoms with van der Waals surface area (Å²) in [5, 5.41) is 25.1. The van der Waals surface area contributed by atoms with Gasteiger partial charge in [0.05, 0.1) is 12.6 Å². The van der Waals surface area contributed by atoms with E-state index in [-0.39, 0.29) is 25.2 Å². The first-order chi connectivity index (χ1) is 15.0. The molecule has 0 aliphatic carbocycles. The van der Waals surface area contributed by atoms with Gasteiger partial charge in [0.25, 0.3) is 0 Å². The van der Waals surface area contributed by atoms with Crippen LogP contribution in [-0.2, 0) is 30.4 Å². The van der Waals surface area contributed by atoms with Gasteiger partial charge in [-0.3, -0.25) is 19.2 Å². The summed E-state index contributed by atoms with van der Waals surface area (Å²) in [7, 11) is 0. The van der Waals surface area contributed by atoms with Crippen molar-refractivity contribution >= 4 is 29.7 Å². The van der Waals surface area contributed by atoms with Gasteiger partial charge in [-0.05, 0) is 17.9 Å². The second-order valence-corrected chi connectivity index (χ2v) is 7.64.